The molecule has 0 saturated heterocycles. The minimum Gasteiger partial charge on any atom is -0.492 e. The number of ether oxygens (including phenoxy) is 2. The van der Waals surface area contributed by atoms with Crippen LogP contribution in [0, 0.1) is 5.82 Å². The van der Waals surface area contributed by atoms with Gasteiger partial charge in [-0.25, -0.2) is 4.39 Å². The van der Waals surface area contributed by atoms with Gasteiger partial charge in [-0.2, -0.15) is 0 Å². The molecule has 0 bridgehead atoms. The van der Waals surface area contributed by atoms with E-state index in [2.05, 4.69) is 15.5 Å². The first kappa shape index (κ1) is 17.4. The van der Waals surface area contributed by atoms with E-state index in [4.69, 9.17) is 13.9 Å². The first-order valence-corrected chi connectivity index (χ1v) is 7.85. The number of nitrogens with zero attached hydrogens (tertiary/aromatic N) is 2. The topological polar surface area (TPSA) is 86.5 Å². The molecule has 7 nitrogen and oxygen atoms in total. The molecule has 0 aliphatic rings. The van der Waals surface area contributed by atoms with Gasteiger partial charge in [0.05, 0.1) is 6.54 Å². The van der Waals surface area contributed by atoms with Crippen molar-refractivity contribution in [2.24, 2.45) is 0 Å². The van der Waals surface area contributed by atoms with E-state index in [1.54, 1.807) is 36.4 Å². The van der Waals surface area contributed by atoms with E-state index < -0.39 is 0 Å². The van der Waals surface area contributed by atoms with Crippen LogP contribution >= 0.6 is 0 Å². The minimum atomic E-state index is -0.370. The number of halogens is 1. The van der Waals surface area contributed by atoms with Gasteiger partial charge in [0, 0.05) is 11.6 Å². The predicted octanol–water partition coefficient (Wildman–Crippen LogP) is 2.45. The minimum absolute atomic E-state index is 0.125. The van der Waals surface area contributed by atoms with E-state index in [0.717, 1.165) is 5.56 Å². The van der Waals surface area contributed by atoms with E-state index in [1.165, 1.54) is 18.5 Å². The van der Waals surface area contributed by atoms with Crippen LogP contribution in [0.4, 0.5) is 4.39 Å². The first-order chi connectivity index (χ1) is 12.7. The van der Waals surface area contributed by atoms with Gasteiger partial charge in [0.1, 0.15) is 23.9 Å². The Kier molecular flexibility index (Phi) is 5.76. The van der Waals surface area contributed by atoms with Crippen LogP contribution in [0.2, 0.25) is 0 Å². The molecule has 0 fully saturated rings. The highest BCUT2D eigenvalue weighted by molar-refractivity contribution is 5.77. The van der Waals surface area contributed by atoms with Crippen LogP contribution in [0.25, 0.3) is 11.5 Å². The predicted molar refractivity (Wildman–Crippen MR) is 90.1 cm³/mol. The highest BCUT2D eigenvalue weighted by Gasteiger charge is 2.05. The first-order valence-electron chi connectivity index (χ1n) is 7.85. The van der Waals surface area contributed by atoms with Gasteiger partial charge in [-0.05, 0) is 36.4 Å². The summed E-state index contributed by atoms with van der Waals surface area (Å²) in [5.74, 6) is 0.711. The smallest absolute Gasteiger partial charge is 0.258 e. The molecule has 0 spiro atoms. The van der Waals surface area contributed by atoms with Crippen LogP contribution in [-0.4, -0.2) is 35.9 Å². The maximum Gasteiger partial charge on any atom is 0.258 e. The third-order valence-corrected chi connectivity index (χ3v) is 3.32. The number of rotatable bonds is 8. The summed E-state index contributed by atoms with van der Waals surface area (Å²) in [6.07, 6.45) is 1.25. The molecular weight excluding hydrogens is 341 g/mol. The van der Waals surface area contributed by atoms with Crippen molar-refractivity contribution in [3.05, 3.63) is 60.7 Å². The van der Waals surface area contributed by atoms with E-state index >= 15 is 0 Å². The lowest BCUT2D eigenvalue weighted by molar-refractivity contribution is -0.123. The number of benzene rings is 2. The number of nitrogens with one attached hydrogen (secondary N) is 1. The Bertz CT molecular complexity index is 838. The third kappa shape index (κ3) is 5.04. The van der Waals surface area contributed by atoms with Gasteiger partial charge in [-0.15, -0.1) is 10.2 Å². The second-order valence-corrected chi connectivity index (χ2v) is 5.21. The van der Waals surface area contributed by atoms with Crippen molar-refractivity contribution in [2.75, 3.05) is 19.8 Å². The van der Waals surface area contributed by atoms with E-state index in [9.17, 15) is 9.18 Å². The average molecular weight is 357 g/mol. The molecule has 0 aliphatic carbocycles. The van der Waals surface area contributed by atoms with Gasteiger partial charge in [0.15, 0.2) is 6.61 Å². The number of amides is 1. The molecule has 0 unspecified atom stereocenters. The van der Waals surface area contributed by atoms with Crippen molar-refractivity contribution in [1.82, 2.24) is 15.5 Å². The third-order valence-electron chi connectivity index (χ3n) is 3.32. The zero-order valence-electron chi connectivity index (χ0n) is 13.7. The Hall–Kier alpha value is -3.42. The molecule has 0 atom stereocenters. The van der Waals surface area contributed by atoms with Gasteiger partial charge in [-0.1, -0.05) is 6.07 Å². The second kappa shape index (κ2) is 8.61. The van der Waals surface area contributed by atoms with Crippen LogP contribution in [0.1, 0.15) is 0 Å². The summed E-state index contributed by atoms with van der Waals surface area (Å²) >= 11 is 0. The number of hydrogen-bond acceptors (Lipinski definition) is 6. The summed E-state index contributed by atoms with van der Waals surface area (Å²) in [7, 11) is 0. The van der Waals surface area contributed by atoms with Gasteiger partial charge < -0.3 is 19.2 Å². The summed E-state index contributed by atoms with van der Waals surface area (Å²) in [5, 5.41) is 10.1. The standard InChI is InChI=1S/C18H16FN3O4/c19-14-2-1-3-16(10-14)24-9-8-20-17(23)11-25-15-6-4-13(5-7-15)18-22-21-12-26-18/h1-7,10,12H,8-9,11H2,(H,20,23). The largest absolute Gasteiger partial charge is 0.492 e. The number of hydrogen-bond donors (Lipinski definition) is 1. The molecule has 26 heavy (non-hydrogen) atoms. The Labute approximate surface area is 148 Å². The summed E-state index contributed by atoms with van der Waals surface area (Å²) in [6.45, 7) is 0.392. The lowest BCUT2D eigenvalue weighted by Gasteiger charge is -2.09. The molecule has 0 aliphatic heterocycles. The fraction of sp³-hybridized carbons (Fsp3) is 0.167. The highest BCUT2D eigenvalue weighted by Crippen LogP contribution is 2.20. The number of aromatic nitrogens is 2. The van der Waals surface area contributed by atoms with Crippen LogP contribution < -0.4 is 14.8 Å². The lowest BCUT2D eigenvalue weighted by Crippen LogP contribution is -2.32. The fourth-order valence-corrected chi connectivity index (χ4v) is 2.11. The summed E-state index contributed by atoms with van der Waals surface area (Å²) in [4.78, 5) is 11.8. The Morgan fingerprint density at radius 1 is 1.12 bits per heavy atom. The molecule has 1 heterocycles. The van der Waals surface area contributed by atoms with E-state index in [0.29, 0.717) is 17.4 Å². The zero-order chi connectivity index (χ0) is 18.2. The van der Waals surface area contributed by atoms with Crippen molar-refractivity contribution < 1.29 is 23.1 Å². The van der Waals surface area contributed by atoms with Crippen LogP contribution in [0.15, 0.2) is 59.3 Å². The van der Waals surface area contributed by atoms with Gasteiger partial charge in [0.2, 0.25) is 12.3 Å². The summed E-state index contributed by atoms with van der Waals surface area (Å²) < 4.78 is 28.8. The summed E-state index contributed by atoms with van der Waals surface area (Å²) in [6, 6.07) is 12.7. The Balaban J connectivity index is 1.36. The second-order valence-electron chi connectivity index (χ2n) is 5.21. The Morgan fingerprint density at radius 3 is 2.69 bits per heavy atom. The molecule has 3 rings (SSSR count). The SMILES string of the molecule is O=C(COc1ccc(-c2nnco2)cc1)NCCOc1cccc(F)c1. The van der Waals surface area contributed by atoms with Crippen LogP contribution in [0.3, 0.4) is 0 Å². The Morgan fingerprint density at radius 2 is 1.96 bits per heavy atom. The van der Waals surface area contributed by atoms with Crippen molar-refractivity contribution >= 4 is 5.91 Å². The molecule has 0 saturated carbocycles. The lowest BCUT2D eigenvalue weighted by atomic mass is 10.2. The molecular formula is C18H16FN3O4. The monoisotopic (exact) mass is 357 g/mol. The zero-order valence-corrected chi connectivity index (χ0v) is 13.7. The van der Waals surface area contributed by atoms with Crippen LogP contribution in [-0.2, 0) is 4.79 Å². The molecule has 1 aromatic heterocycles. The van der Waals surface area contributed by atoms with Gasteiger partial charge >= 0.3 is 0 Å². The number of carbonyl (C=O) groups excluding carboxylic acids is 1. The van der Waals surface area contributed by atoms with E-state index in [-0.39, 0.29) is 31.5 Å². The maximum absolute atomic E-state index is 13.0. The molecule has 2 aromatic carbocycles. The highest BCUT2D eigenvalue weighted by atomic mass is 19.1. The molecule has 1 N–H and O–H groups in total. The van der Waals surface area contributed by atoms with Crippen LogP contribution in [0.5, 0.6) is 11.5 Å². The molecule has 1 amide bonds. The van der Waals surface area contributed by atoms with Crippen molar-refractivity contribution in [1.29, 1.82) is 0 Å². The van der Waals surface area contributed by atoms with Gasteiger partial charge in [0.25, 0.3) is 5.91 Å². The molecule has 3 aromatic rings. The molecule has 134 valence electrons. The maximum atomic E-state index is 13.0. The van der Waals surface area contributed by atoms with Gasteiger partial charge in [-0.3, -0.25) is 4.79 Å². The average Bonchev–Trinajstić information content (AvgIpc) is 3.19. The van der Waals surface area contributed by atoms with Crippen molar-refractivity contribution in [3.63, 3.8) is 0 Å². The quantitative estimate of drug-likeness (QED) is 0.623. The molecule has 8 heteroatoms. The fourth-order valence-electron chi connectivity index (χ4n) is 2.11. The molecule has 0 radical (unpaired) electrons. The summed E-state index contributed by atoms with van der Waals surface area (Å²) in [5.41, 5.74) is 0.758. The van der Waals surface area contributed by atoms with E-state index in [1.807, 2.05) is 0 Å². The van der Waals surface area contributed by atoms with Crippen molar-refractivity contribution in [3.8, 4) is 23.0 Å². The van der Waals surface area contributed by atoms with Crippen molar-refractivity contribution in [2.45, 2.75) is 0 Å². The normalized spacial score (nSPS) is 10.3. The number of carbonyl (C=O) groups is 1.